The van der Waals surface area contributed by atoms with E-state index in [1.807, 2.05) is 30.3 Å². The molecule has 32 heavy (non-hydrogen) atoms. The topological polar surface area (TPSA) is 69.7 Å². The Balaban J connectivity index is 1.35. The predicted octanol–water partition coefficient (Wildman–Crippen LogP) is 3.45. The van der Waals surface area contributed by atoms with Crippen LogP contribution in [0, 0.1) is 5.82 Å². The summed E-state index contributed by atoms with van der Waals surface area (Å²) in [5.41, 5.74) is 2.25. The van der Waals surface area contributed by atoms with Gasteiger partial charge in [-0.25, -0.2) is 4.39 Å². The van der Waals surface area contributed by atoms with Gasteiger partial charge in [0.15, 0.2) is 0 Å². The van der Waals surface area contributed by atoms with Crippen LogP contribution in [0.5, 0.6) is 0 Å². The van der Waals surface area contributed by atoms with Crippen molar-refractivity contribution in [3.8, 4) is 0 Å². The van der Waals surface area contributed by atoms with Gasteiger partial charge in [0.1, 0.15) is 5.82 Å². The third-order valence-electron chi connectivity index (χ3n) is 5.33. The first kappa shape index (κ1) is 21.2. The van der Waals surface area contributed by atoms with E-state index in [-0.39, 0.29) is 12.2 Å². The fourth-order valence-electron chi connectivity index (χ4n) is 3.56. The van der Waals surface area contributed by atoms with E-state index in [1.54, 1.807) is 41.3 Å². The molecule has 7 heteroatoms. The number of anilines is 1. The van der Waals surface area contributed by atoms with Gasteiger partial charge in [0.2, 0.25) is 0 Å². The van der Waals surface area contributed by atoms with Gasteiger partial charge in [-0.15, -0.1) is 0 Å². The molecule has 3 aromatic rings. The molecule has 4 rings (SSSR count). The summed E-state index contributed by atoms with van der Waals surface area (Å²) in [6, 6.07) is 22.2. The van der Waals surface area contributed by atoms with Crippen LogP contribution in [-0.4, -0.2) is 40.6 Å². The quantitative estimate of drug-likeness (QED) is 0.608. The highest BCUT2D eigenvalue weighted by molar-refractivity contribution is 6.35. The van der Waals surface area contributed by atoms with E-state index in [1.165, 1.54) is 17.0 Å². The molecule has 0 bridgehead atoms. The van der Waals surface area contributed by atoms with Gasteiger partial charge in [0, 0.05) is 31.7 Å². The number of hydrogen-bond donors (Lipinski definition) is 1. The van der Waals surface area contributed by atoms with Crippen LogP contribution in [0.2, 0.25) is 0 Å². The summed E-state index contributed by atoms with van der Waals surface area (Å²) in [6.07, 6.45) is 0. The predicted molar refractivity (Wildman–Crippen MR) is 118 cm³/mol. The molecule has 0 unspecified atom stereocenters. The minimum absolute atomic E-state index is 0.110. The Kier molecular flexibility index (Phi) is 6.26. The van der Waals surface area contributed by atoms with Crippen molar-refractivity contribution in [2.45, 2.75) is 13.1 Å². The van der Waals surface area contributed by atoms with E-state index in [0.717, 1.165) is 11.1 Å². The molecule has 6 nitrogen and oxygen atoms in total. The van der Waals surface area contributed by atoms with Gasteiger partial charge >= 0.3 is 11.8 Å². The largest absolute Gasteiger partial charge is 0.328 e. The maximum atomic E-state index is 13.7. The van der Waals surface area contributed by atoms with Crippen molar-refractivity contribution < 1.29 is 18.8 Å². The monoisotopic (exact) mass is 431 g/mol. The number of halogens is 1. The molecule has 0 atom stereocenters. The van der Waals surface area contributed by atoms with E-state index in [0.29, 0.717) is 25.2 Å². The number of rotatable bonds is 6. The van der Waals surface area contributed by atoms with E-state index in [2.05, 4.69) is 5.32 Å². The minimum Gasteiger partial charge on any atom is -0.328 e. The molecule has 1 aliphatic rings. The Morgan fingerprint density at radius 1 is 0.750 bits per heavy atom. The van der Waals surface area contributed by atoms with Gasteiger partial charge in [-0.2, -0.15) is 0 Å². The van der Waals surface area contributed by atoms with Crippen molar-refractivity contribution in [3.05, 3.63) is 101 Å². The zero-order valence-electron chi connectivity index (χ0n) is 17.3. The number of para-hydroxylation sites is 1. The van der Waals surface area contributed by atoms with Gasteiger partial charge in [-0.1, -0.05) is 54.6 Å². The van der Waals surface area contributed by atoms with Crippen molar-refractivity contribution in [3.63, 3.8) is 0 Å². The first-order valence-electron chi connectivity index (χ1n) is 10.3. The van der Waals surface area contributed by atoms with Gasteiger partial charge in [-0.3, -0.25) is 14.4 Å². The van der Waals surface area contributed by atoms with Crippen molar-refractivity contribution in [2.24, 2.45) is 0 Å². The van der Waals surface area contributed by atoms with E-state index >= 15 is 0 Å². The van der Waals surface area contributed by atoms with E-state index in [9.17, 15) is 18.8 Å². The Labute approximate surface area is 185 Å². The van der Waals surface area contributed by atoms with Gasteiger partial charge in [0.25, 0.3) is 5.91 Å². The number of carbonyl (C=O) groups excluding carboxylic acids is 3. The maximum Gasteiger partial charge on any atom is 0.312 e. The molecule has 0 aromatic heterocycles. The SMILES string of the molecule is O=C(Nc1ccccc1F)c1ccc(CN2CCN(Cc3ccccc3)C(=O)C2=O)cc1. The molecule has 0 spiro atoms. The third kappa shape index (κ3) is 4.83. The summed E-state index contributed by atoms with van der Waals surface area (Å²) in [5.74, 6) is -1.98. The summed E-state index contributed by atoms with van der Waals surface area (Å²) in [4.78, 5) is 40.5. The Bertz CT molecular complexity index is 1130. The van der Waals surface area contributed by atoms with Crippen LogP contribution in [0.4, 0.5) is 10.1 Å². The van der Waals surface area contributed by atoms with Crippen molar-refractivity contribution in [1.82, 2.24) is 9.80 Å². The lowest BCUT2D eigenvalue weighted by atomic mass is 10.1. The van der Waals surface area contributed by atoms with Crippen LogP contribution in [0.15, 0.2) is 78.9 Å². The van der Waals surface area contributed by atoms with Crippen molar-refractivity contribution in [1.29, 1.82) is 0 Å². The first-order chi connectivity index (χ1) is 15.5. The smallest absolute Gasteiger partial charge is 0.312 e. The standard InChI is InChI=1S/C25H22FN3O3/c26-21-8-4-5-9-22(21)27-23(30)20-12-10-19(11-13-20)17-29-15-14-28(24(31)25(29)32)16-18-6-2-1-3-7-18/h1-13H,14-17H2,(H,27,30). The summed E-state index contributed by atoms with van der Waals surface area (Å²) < 4.78 is 13.7. The molecule has 162 valence electrons. The second-order valence-corrected chi connectivity index (χ2v) is 7.57. The first-order valence-corrected chi connectivity index (χ1v) is 10.3. The summed E-state index contributed by atoms with van der Waals surface area (Å²) in [5, 5.41) is 2.54. The van der Waals surface area contributed by atoms with Gasteiger partial charge in [0.05, 0.1) is 5.69 Å². The van der Waals surface area contributed by atoms with E-state index in [4.69, 9.17) is 0 Å². The third-order valence-corrected chi connectivity index (χ3v) is 5.33. The number of hydrogen-bond acceptors (Lipinski definition) is 3. The molecule has 3 aromatic carbocycles. The zero-order valence-corrected chi connectivity index (χ0v) is 17.3. The van der Waals surface area contributed by atoms with Crippen LogP contribution in [0.3, 0.4) is 0 Å². The normalized spacial score (nSPS) is 13.9. The fourth-order valence-corrected chi connectivity index (χ4v) is 3.56. The maximum absolute atomic E-state index is 13.7. The highest BCUT2D eigenvalue weighted by atomic mass is 19.1. The lowest BCUT2D eigenvalue weighted by Crippen LogP contribution is -2.53. The molecule has 3 amide bonds. The molecule has 1 heterocycles. The molecule has 0 saturated carbocycles. The average Bonchev–Trinajstić information content (AvgIpc) is 2.81. The lowest BCUT2D eigenvalue weighted by Gasteiger charge is -2.33. The number of piperazine rings is 1. The number of amides is 3. The molecule has 0 radical (unpaired) electrons. The molecule has 1 N–H and O–H groups in total. The van der Waals surface area contributed by atoms with E-state index < -0.39 is 23.5 Å². The number of nitrogens with one attached hydrogen (secondary N) is 1. The summed E-state index contributed by atoms with van der Waals surface area (Å²) in [6.45, 7) is 1.58. The van der Waals surface area contributed by atoms with Crippen molar-refractivity contribution in [2.75, 3.05) is 18.4 Å². The minimum atomic E-state index is -0.534. The summed E-state index contributed by atoms with van der Waals surface area (Å²) >= 11 is 0. The van der Waals surface area contributed by atoms with Crippen LogP contribution >= 0.6 is 0 Å². The van der Waals surface area contributed by atoms with Crippen LogP contribution in [0.1, 0.15) is 21.5 Å². The second-order valence-electron chi connectivity index (χ2n) is 7.57. The lowest BCUT2D eigenvalue weighted by molar-refractivity contribution is -0.156. The molecular weight excluding hydrogens is 409 g/mol. The molecule has 1 aliphatic heterocycles. The molecule has 0 aliphatic carbocycles. The van der Waals surface area contributed by atoms with Crippen LogP contribution < -0.4 is 5.32 Å². The number of carbonyl (C=O) groups is 3. The van der Waals surface area contributed by atoms with Crippen LogP contribution in [-0.2, 0) is 22.7 Å². The number of nitrogens with zero attached hydrogens (tertiary/aromatic N) is 2. The zero-order chi connectivity index (χ0) is 22.5. The fraction of sp³-hybridized carbons (Fsp3) is 0.160. The molecule has 1 saturated heterocycles. The van der Waals surface area contributed by atoms with Crippen molar-refractivity contribution >= 4 is 23.4 Å². The second kappa shape index (κ2) is 9.43. The highest BCUT2D eigenvalue weighted by Crippen LogP contribution is 2.16. The Hall–Kier alpha value is -4.00. The Morgan fingerprint density at radius 3 is 1.88 bits per heavy atom. The molecular formula is C25H22FN3O3. The summed E-state index contributed by atoms with van der Waals surface area (Å²) in [7, 11) is 0. The van der Waals surface area contributed by atoms with Gasteiger partial charge < -0.3 is 15.1 Å². The Morgan fingerprint density at radius 2 is 1.28 bits per heavy atom. The van der Waals surface area contributed by atoms with Gasteiger partial charge in [-0.05, 0) is 35.4 Å². The number of benzene rings is 3. The van der Waals surface area contributed by atoms with Crippen LogP contribution in [0.25, 0.3) is 0 Å². The molecule has 1 fully saturated rings. The highest BCUT2D eigenvalue weighted by Gasteiger charge is 2.32. The average molecular weight is 431 g/mol.